The topological polar surface area (TPSA) is 125 Å². The Bertz CT molecular complexity index is 604. The molecule has 22 heavy (non-hydrogen) atoms. The molecule has 1 rings (SSSR count). The first kappa shape index (κ1) is 17.2. The van der Waals surface area contributed by atoms with E-state index in [2.05, 4.69) is 10.6 Å². The van der Waals surface area contributed by atoms with E-state index in [0.29, 0.717) is 11.3 Å². The zero-order chi connectivity index (χ0) is 16.7. The van der Waals surface area contributed by atoms with Crippen LogP contribution in [0.1, 0.15) is 30.6 Å². The summed E-state index contributed by atoms with van der Waals surface area (Å²) in [5.74, 6) is -1.75. The van der Waals surface area contributed by atoms with Crippen molar-refractivity contribution < 1.29 is 14.4 Å². The molecule has 0 spiro atoms. The first-order chi connectivity index (χ1) is 10.3. The van der Waals surface area contributed by atoms with Crippen LogP contribution in [0, 0.1) is 17.2 Å². The van der Waals surface area contributed by atoms with Gasteiger partial charge in [-0.1, -0.05) is 6.92 Å². The number of primary amides is 1. The third-order valence-electron chi connectivity index (χ3n) is 3.04. The fourth-order valence-corrected chi connectivity index (χ4v) is 1.89. The lowest BCUT2D eigenvalue weighted by atomic mass is 9.98. The molecule has 116 valence electrons. The standard InChI is InChI=1S/C15H18N4O3/c1-9(7-8-16)13(14(17)21)19-15(22)11-3-5-12(6-4-11)18-10(2)20/h3-6,9,13H,7H2,1-2H3,(H2,17,21)(H,18,20)(H,19,22)/t9-,13-/m0/s1. The number of carbonyl (C=O) groups is 3. The fraction of sp³-hybridized carbons (Fsp3) is 0.333. The van der Waals surface area contributed by atoms with Gasteiger partial charge in [0.05, 0.1) is 6.07 Å². The van der Waals surface area contributed by atoms with Crippen molar-refractivity contribution in [1.29, 1.82) is 5.26 Å². The van der Waals surface area contributed by atoms with Gasteiger partial charge in [0.1, 0.15) is 6.04 Å². The maximum Gasteiger partial charge on any atom is 0.251 e. The molecular formula is C15H18N4O3. The molecule has 0 aromatic heterocycles. The van der Waals surface area contributed by atoms with Crippen molar-refractivity contribution in [2.24, 2.45) is 11.7 Å². The molecule has 1 aromatic carbocycles. The molecule has 0 saturated carbocycles. The minimum Gasteiger partial charge on any atom is -0.368 e. The molecule has 1 aromatic rings. The fourth-order valence-electron chi connectivity index (χ4n) is 1.89. The molecule has 0 unspecified atom stereocenters. The molecule has 7 nitrogen and oxygen atoms in total. The Balaban J connectivity index is 2.80. The van der Waals surface area contributed by atoms with Crippen LogP contribution in [0.25, 0.3) is 0 Å². The van der Waals surface area contributed by atoms with Gasteiger partial charge in [0, 0.05) is 24.6 Å². The number of hydrogen-bond acceptors (Lipinski definition) is 4. The molecule has 0 bridgehead atoms. The summed E-state index contributed by atoms with van der Waals surface area (Å²) in [5, 5.41) is 13.8. The number of amides is 3. The lowest BCUT2D eigenvalue weighted by Gasteiger charge is -2.20. The number of rotatable bonds is 6. The monoisotopic (exact) mass is 302 g/mol. The van der Waals surface area contributed by atoms with Crippen molar-refractivity contribution in [3.8, 4) is 6.07 Å². The lowest BCUT2D eigenvalue weighted by Crippen LogP contribution is -2.48. The van der Waals surface area contributed by atoms with Crippen molar-refractivity contribution in [3.63, 3.8) is 0 Å². The lowest BCUT2D eigenvalue weighted by molar-refractivity contribution is -0.121. The molecule has 3 amide bonds. The second-order valence-corrected chi connectivity index (χ2v) is 4.95. The highest BCUT2D eigenvalue weighted by molar-refractivity contribution is 5.98. The maximum atomic E-state index is 12.1. The van der Waals surface area contributed by atoms with Crippen LogP contribution < -0.4 is 16.4 Å². The molecule has 0 fully saturated rings. The van der Waals surface area contributed by atoms with Crippen molar-refractivity contribution in [2.45, 2.75) is 26.3 Å². The first-order valence-corrected chi connectivity index (χ1v) is 6.70. The van der Waals surface area contributed by atoms with Gasteiger partial charge in [-0.3, -0.25) is 14.4 Å². The van der Waals surface area contributed by atoms with E-state index in [1.54, 1.807) is 19.1 Å². The van der Waals surface area contributed by atoms with Crippen LogP contribution >= 0.6 is 0 Å². The first-order valence-electron chi connectivity index (χ1n) is 6.70. The van der Waals surface area contributed by atoms with Gasteiger partial charge < -0.3 is 16.4 Å². The number of carbonyl (C=O) groups excluding carboxylic acids is 3. The maximum absolute atomic E-state index is 12.1. The molecule has 0 radical (unpaired) electrons. The zero-order valence-corrected chi connectivity index (χ0v) is 12.4. The smallest absolute Gasteiger partial charge is 0.251 e. The number of nitriles is 1. The molecular weight excluding hydrogens is 284 g/mol. The number of hydrogen-bond donors (Lipinski definition) is 3. The summed E-state index contributed by atoms with van der Waals surface area (Å²) in [6, 6.07) is 7.23. The van der Waals surface area contributed by atoms with Crippen LogP contribution in [0.5, 0.6) is 0 Å². The predicted octanol–water partition coefficient (Wildman–Crippen LogP) is 0.778. The predicted molar refractivity (Wildman–Crippen MR) is 80.6 cm³/mol. The van der Waals surface area contributed by atoms with Gasteiger partial charge in [-0.2, -0.15) is 5.26 Å². The molecule has 2 atom stereocenters. The van der Waals surface area contributed by atoms with Gasteiger partial charge in [0.25, 0.3) is 5.91 Å². The summed E-state index contributed by atoms with van der Waals surface area (Å²) in [6.07, 6.45) is 0.107. The van der Waals surface area contributed by atoms with E-state index in [-0.39, 0.29) is 18.2 Å². The minimum absolute atomic E-state index is 0.107. The summed E-state index contributed by atoms with van der Waals surface area (Å²) in [5.41, 5.74) is 6.15. The van der Waals surface area contributed by atoms with Gasteiger partial charge in [-0.25, -0.2) is 0 Å². The summed E-state index contributed by atoms with van der Waals surface area (Å²) in [6.45, 7) is 3.05. The van der Waals surface area contributed by atoms with Gasteiger partial charge >= 0.3 is 0 Å². The van der Waals surface area contributed by atoms with Gasteiger partial charge in [0.2, 0.25) is 11.8 Å². The largest absolute Gasteiger partial charge is 0.368 e. The van der Waals surface area contributed by atoms with Crippen LogP contribution in [0.4, 0.5) is 5.69 Å². The quantitative estimate of drug-likeness (QED) is 0.717. The second-order valence-electron chi connectivity index (χ2n) is 4.95. The zero-order valence-electron chi connectivity index (χ0n) is 12.4. The molecule has 4 N–H and O–H groups in total. The molecule has 0 heterocycles. The average Bonchev–Trinajstić information content (AvgIpc) is 2.44. The van der Waals surface area contributed by atoms with E-state index < -0.39 is 17.9 Å². The minimum atomic E-state index is -0.915. The van der Waals surface area contributed by atoms with Crippen molar-refractivity contribution in [2.75, 3.05) is 5.32 Å². The van der Waals surface area contributed by atoms with E-state index in [0.717, 1.165) is 0 Å². The normalized spacial score (nSPS) is 12.6. The highest BCUT2D eigenvalue weighted by atomic mass is 16.2. The van der Waals surface area contributed by atoms with Crippen LogP contribution in [-0.4, -0.2) is 23.8 Å². The molecule has 0 saturated heterocycles. The van der Waals surface area contributed by atoms with E-state index in [1.807, 2.05) is 6.07 Å². The number of nitrogens with zero attached hydrogens (tertiary/aromatic N) is 1. The van der Waals surface area contributed by atoms with Crippen LogP contribution in [0.15, 0.2) is 24.3 Å². The Morgan fingerprint density at radius 3 is 2.32 bits per heavy atom. The molecule has 7 heteroatoms. The SMILES string of the molecule is CC(=O)Nc1ccc(C(=O)N[C@H](C(N)=O)[C@@H](C)CC#N)cc1. The van der Waals surface area contributed by atoms with E-state index in [4.69, 9.17) is 11.0 Å². The van der Waals surface area contributed by atoms with Gasteiger partial charge in [0.15, 0.2) is 0 Å². The molecule has 0 aliphatic heterocycles. The highest BCUT2D eigenvalue weighted by Crippen LogP contribution is 2.12. The summed E-state index contributed by atoms with van der Waals surface area (Å²) in [4.78, 5) is 34.4. The average molecular weight is 302 g/mol. The molecule has 0 aliphatic rings. The third kappa shape index (κ3) is 4.90. The number of anilines is 1. The van der Waals surface area contributed by atoms with Crippen molar-refractivity contribution in [1.82, 2.24) is 5.32 Å². The third-order valence-corrected chi connectivity index (χ3v) is 3.04. The van der Waals surface area contributed by atoms with E-state index in [9.17, 15) is 14.4 Å². The number of benzene rings is 1. The number of nitrogens with two attached hydrogens (primary N) is 1. The van der Waals surface area contributed by atoms with Gasteiger partial charge in [-0.05, 0) is 30.2 Å². The Kier molecular flexibility index (Phi) is 6.08. The summed E-state index contributed by atoms with van der Waals surface area (Å²) >= 11 is 0. The van der Waals surface area contributed by atoms with Crippen LogP contribution in [0.3, 0.4) is 0 Å². The van der Waals surface area contributed by atoms with Crippen molar-refractivity contribution >= 4 is 23.4 Å². The Morgan fingerprint density at radius 2 is 1.86 bits per heavy atom. The van der Waals surface area contributed by atoms with Crippen LogP contribution in [0.2, 0.25) is 0 Å². The number of nitrogens with one attached hydrogen (secondary N) is 2. The van der Waals surface area contributed by atoms with Crippen molar-refractivity contribution in [3.05, 3.63) is 29.8 Å². The Morgan fingerprint density at radius 1 is 1.27 bits per heavy atom. The van der Waals surface area contributed by atoms with Gasteiger partial charge in [-0.15, -0.1) is 0 Å². The van der Waals surface area contributed by atoms with E-state index in [1.165, 1.54) is 19.1 Å². The second kappa shape index (κ2) is 7.78. The summed E-state index contributed by atoms with van der Waals surface area (Å²) in [7, 11) is 0. The summed E-state index contributed by atoms with van der Waals surface area (Å²) < 4.78 is 0. The highest BCUT2D eigenvalue weighted by Gasteiger charge is 2.25. The van der Waals surface area contributed by atoms with Crippen LogP contribution in [-0.2, 0) is 9.59 Å². The molecule has 0 aliphatic carbocycles. The Hall–Kier alpha value is -2.88. The Labute approximate surface area is 128 Å². The van der Waals surface area contributed by atoms with E-state index >= 15 is 0 Å².